The number of para-hydroxylation sites is 1. The molecule has 3 N–H and O–H groups in total. The van der Waals surface area contributed by atoms with Crippen molar-refractivity contribution in [1.82, 2.24) is 9.79 Å². The number of carboxylic acid groups (broad SMARTS) is 1. The lowest BCUT2D eigenvalue weighted by Gasteiger charge is -2.27. The fourth-order valence-corrected chi connectivity index (χ4v) is 4.12. The summed E-state index contributed by atoms with van der Waals surface area (Å²) in [5, 5.41) is 29.1. The van der Waals surface area contributed by atoms with Gasteiger partial charge in [0.2, 0.25) is 10.0 Å². The van der Waals surface area contributed by atoms with Gasteiger partial charge in [-0.2, -0.15) is 4.31 Å². The normalized spacial score (nSPS) is 12.4. The van der Waals surface area contributed by atoms with Crippen molar-refractivity contribution in [3.63, 3.8) is 0 Å². The van der Waals surface area contributed by atoms with Gasteiger partial charge in [-0.3, -0.25) is 20.1 Å². The SMILES string of the molecule is C[C@@H](C(=O)NO)N(Cc1ccccc1[N+](=O)[O-])S(=O)(=O)c1ccc(C(=O)O)cc1. The molecule has 0 spiro atoms. The number of carboxylic acids is 1. The summed E-state index contributed by atoms with van der Waals surface area (Å²) in [6, 6.07) is 8.26. The zero-order valence-corrected chi connectivity index (χ0v) is 15.9. The molecule has 0 aromatic heterocycles. The van der Waals surface area contributed by atoms with Crippen LogP contribution in [0.1, 0.15) is 22.8 Å². The number of hydrogen-bond acceptors (Lipinski definition) is 7. The zero-order chi connectivity index (χ0) is 21.8. The molecular weight excluding hydrogens is 406 g/mol. The van der Waals surface area contributed by atoms with Crippen LogP contribution < -0.4 is 5.48 Å². The minimum Gasteiger partial charge on any atom is -0.478 e. The molecule has 2 rings (SSSR count). The molecular formula is C17H17N3O8S. The van der Waals surface area contributed by atoms with E-state index in [1.165, 1.54) is 36.7 Å². The van der Waals surface area contributed by atoms with Gasteiger partial charge in [0.15, 0.2) is 0 Å². The van der Waals surface area contributed by atoms with Gasteiger partial charge in [0, 0.05) is 18.2 Å². The van der Waals surface area contributed by atoms with Crippen LogP contribution in [0.15, 0.2) is 53.4 Å². The molecule has 1 atom stereocenters. The lowest BCUT2D eigenvalue weighted by Crippen LogP contribution is -2.46. The average Bonchev–Trinajstić information content (AvgIpc) is 2.70. The first-order valence-electron chi connectivity index (χ1n) is 8.11. The van der Waals surface area contributed by atoms with Crippen LogP contribution in [0.5, 0.6) is 0 Å². The first-order valence-corrected chi connectivity index (χ1v) is 9.55. The summed E-state index contributed by atoms with van der Waals surface area (Å²) in [6.07, 6.45) is 0. The molecule has 0 bridgehead atoms. The molecule has 29 heavy (non-hydrogen) atoms. The van der Waals surface area contributed by atoms with Crippen molar-refractivity contribution >= 4 is 27.6 Å². The number of rotatable bonds is 8. The predicted molar refractivity (Wildman–Crippen MR) is 98.6 cm³/mol. The van der Waals surface area contributed by atoms with E-state index in [2.05, 4.69) is 0 Å². The first-order chi connectivity index (χ1) is 13.6. The maximum absolute atomic E-state index is 13.1. The molecule has 154 valence electrons. The number of nitrogens with one attached hydrogen (secondary N) is 1. The van der Waals surface area contributed by atoms with Crippen LogP contribution in [0.25, 0.3) is 0 Å². The van der Waals surface area contributed by atoms with E-state index in [9.17, 15) is 28.1 Å². The number of carbonyl (C=O) groups is 2. The minimum atomic E-state index is -4.39. The van der Waals surface area contributed by atoms with Crippen LogP contribution in [0.4, 0.5) is 5.69 Å². The van der Waals surface area contributed by atoms with Crippen LogP contribution in [-0.4, -0.2) is 45.9 Å². The van der Waals surface area contributed by atoms with Crippen LogP contribution in [0.3, 0.4) is 0 Å². The first kappa shape index (κ1) is 21.9. The lowest BCUT2D eigenvalue weighted by molar-refractivity contribution is -0.385. The Kier molecular flexibility index (Phi) is 6.64. The highest BCUT2D eigenvalue weighted by atomic mass is 32.2. The van der Waals surface area contributed by atoms with E-state index in [4.69, 9.17) is 10.3 Å². The summed E-state index contributed by atoms with van der Waals surface area (Å²) >= 11 is 0. The molecule has 0 radical (unpaired) electrons. The lowest BCUT2D eigenvalue weighted by atomic mass is 10.1. The second kappa shape index (κ2) is 8.77. The van der Waals surface area contributed by atoms with Crippen molar-refractivity contribution in [2.24, 2.45) is 0 Å². The summed E-state index contributed by atoms with van der Waals surface area (Å²) in [6.45, 7) is 0.665. The van der Waals surface area contributed by atoms with Gasteiger partial charge in [0.25, 0.3) is 11.6 Å². The van der Waals surface area contributed by atoms with E-state index in [1.54, 1.807) is 0 Å². The molecule has 11 nitrogen and oxygen atoms in total. The minimum absolute atomic E-state index is 0.0285. The highest BCUT2D eigenvalue weighted by Crippen LogP contribution is 2.26. The van der Waals surface area contributed by atoms with Gasteiger partial charge in [-0.05, 0) is 31.2 Å². The summed E-state index contributed by atoms with van der Waals surface area (Å²) in [7, 11) is -4.39. The Bertz CT molecular complexity index is 1040. The Balaban J connectivity index is 2.54. The van der Waals surface area contributed by atoms with Gasteiger partial charge in [-0.15, -0.1) is 0 Å². The molecule has 0 aliphatic heterocycles. The number of amides is 1. The Morgan fingerprint density at radius 1 is 1.17 bits per heavy atom. The summed E-state index contributed by atoms with van der Waals surface area (Å²) in [4.78, 5) is 33.1. The Labute approximate surface area is 165 Å². The molecule has 0 aliphatic rings. The number of nitro benzene ring substituents is 1. The molecule has 0 fully saturated rings. The average molecular weight is 423 g/mol. The summed E-state index contributed by atoms with van der Waals surface area (Å²) in [5.41, 5.74) is 0.903. The molecule has 0 heterocycles. The zero-order valence-electron chi connectivity index (χ0n) is 15.0. The largest absolute Gasteiger partial charge is 0.478 e. The van der Waals surface area contributed by atoms with Crippen LogP contribution in [0, 0.1) is 10.1 Å². The number of benzene rings is 2. The molecule has 0 aliphatic carbocycles. The highest BCUT2D eigenvalue weighted by Gasteiger charge is 2.34. The van der Waals surface area contributed by atoms with Crippen molar-refractivity contribution in [1.29, 1.82) is 0 Å². The van der Waals surface area contributed by atoms with Gasteiger partial charge >= 0.3 is 5.97 Å². The number of nitro groups is 1. The molecule has 2 aromatic rings. The second-order valence-corrected chi connectivity index (χ2v) is 7.81. The van der Waals surface area contributed by atoms with Gasteiger partial charge in [0.05, 0.1) is 15.4 Å². The second-order valence-electron chi connectivity index (χ2n) is 5.92. The Hall–Kier alpha value is -3.35. The van der Waals surface area contributed by atoms with Gasteiger partial charge in [0.1, 0.15) is 6.04 Å². The van der Waals surface area contributed by atoms with Crippen molar-refractivity contribution in [3.8, 4) is 0 Å². The van der Waals surface area contributed by atoms with Gasteiger partial charge in [-0.25, -0.2) is 18.7 Å². The smallest absolute Gasteiger partial charge is 0.335 e. The fraction of sp³-hybridized carbons (Fsp3) is 0.176. The van der Waals surface area contributed by atoms with Crippen molar-refractivity contribution < 1.29 is 33.2 Å². The third-order valence-corrected chi connectivity index (χ3v) is 6.07. The van der Waals surface area contributed by atoms with Crippen molar-refractivity contribution in [3.05, 3.63) is 69.8 Å². The maximum atomic E-state index is 13.1. The molecule has 0 saturated heterocycles. The molecule has 0 saturated carbocycles. The fourth-order valence-electron chi connectivity index (χ4n) is 2.55. The van der Waals surface area contributed by atoms with Gasteiger partial charge < -0.3 is 5.11 Å². The maximum Gasteiger partial charge on any atom is 0.335 e. The predicted octanol–water partition coefficient (Wildman–Crippen LogP) is 1.38. The number of carbonyl (C=O) groups excluding carboxylic acids is 1. The van der Waals surface area contributed by atoms with Crippen LogP contribution >= 0.6 is 0 Å². The van der Waals surface area contributed by atoms with E-state index in [0.717, 1.165) is 24.3 Å². The van der Waals surface area contributed by atoms with E-state index in [-0.39, 0.29) is 21.7 Å². The van der Waals surface area contributed by atoms with E-state index in [1.807, 2.05) is 0 Å². The third kappa shape index (κ3) is 4.74. The monoisotopic (exact) mass is 423 g/mol. The number of aromatic carboxylic acids is 1. The molecule has 12 heteroatoms. The number of nitrogens with zero attached hydrogens (tertiary/aromatic N) is 2. The van der Waals surface area contributed by atoms with Crippen LogP contribution in [-0.2, 0) is 21.4 Å². The number of sulfonamides is 1. The Morgan fingerprint density at radius 2 is 1.76 bits per heavy atom. The standard InChI is InChI=1S/C17H17N3O8S/c1-11(16(21)18-24)19(10-13-4-2-3-5-15(13)20(25)26)29(27,28)14-8-6-12(7-9-14)17(22)23/h2-9,11,24H,10H2,1H3,(H,18,21)(H,22,23)/t11-/m0/s1. The van der Waals surface area contributed by atoms with E-state index in [0.29, 0.717) is 4.31 Å². The Morgan fingerprint density at radius 3 is 2.28 bits per heavy atom. The number of hydrogen-bond donors (Lipinski definition) is 3. The quantitative estimate of drug-likeness (QED) is 0.325. The summed E-state index contributed by atoms with van der Waals surface area (Å²) < 4.78 is 26.9. The van der Waals surface area contributed by atoms with Gasteiger partial charge in [-0.1, -0.05) is 18.2 Å². The molecule has 2 aromatic carbocycles. The molecule has 0 unspecified atom stereocenters. The van der Waals surface area contributed by atoms with Crippen molar-refractivity contribution in [2.75, 3.05) is 0 Å². The molecule has 1 amide bonds. The van der Waals surface area contributed by atoms with Crippen molar-refractivity contribution in [2.45, 2.75) is 24.4 Å². The highest BCUT2D eigenvalue weighted by molar-refractivity contribution is 7.89. The number of hydroxylamine groups is 1. The van der Waals surface area contributed by atoms with E-state index >= 15 is 0 Å². The third-order valence-electron chi connectivity index (χ3n) is 4.14. The van der Waals surface area contributed by atoms with E-state index < -0.39 is 39.4 Å². The topological polar surface area (TPSA) is 167 Å². The van der Waals surface area contributed by atoms with Crippen LogP contribution in [0.2, 0.25) is 0 Å². The summed E-state index contributed by atoms with van der Waals surface area (Å²) in [5.74, 6) is -2.30.